The van der Waals surface area contributed by atoms with E-state index in [1.165, 1.54) is 17.9 Å². The number of hydrogen-bond donors (Lipinski definition) is 0. The van der Waals surface area contributed by atoms with Crippen molar-refractivity contribution in [2.45, 2.75) is 51.6 Å². The zero-order valence-electron chi connectivity index (χ0n) is 19.9. The molecular weight excluding hydrogens is 560 g/mol. The summed E-state index contributed by atoms with van der Waals surface area (Å²) in [6, 6.07) is 16.3. The van der Waals surface area contributed by atoms with Gasteiger partial charge in [-0.3, -0.25) is 0 Å². The van der Waals surface area contributed by atoms with Gasteiger partial charge in [-0.05, 0) is 73.2 Å². The topological polar surface area (TPSA) is 57.2 Å². The van der Waals surface area contributed by atoms with E-state index in [0.717, 1.165) is 5.30 Å². The monoisotopic (exact) mass is 592 g/mol. The van der Waals surface area contributed by atoms with Crippen LogP contribution in [-0.2, 0) is 27.4 Å². The molecule has 2 aromatic carbocycles. The Bertz CT molecular complexity index is 922. The maximum absolute atomic E-state index is 11.6. The summed E-state index contributed by atoms with van der Waals surface area (Å²) < 4.78 is 34.7. The molecule has 33 heavy (non-hydrogen) atoms. The van der Waals surface area contributed by atoms with Crippen LogP contribution in [0.25, 0.3) is 0 Å². The van der Waals surface area contributed by atoms with Crippen molar-refractivity contribution in [2.75, 3.05) is 0 Å². The van der Waals surface area contributed by atoms with Crippen LogP contribution in [0.1, 0.15) is 41.5 Å². The molecule has 0 aliphatic heterocycles. The molecule has 3 nitrogen and oxygen atoms in total. The van der Waals surface area contributed by atoms with Crippen molar-refractivity contribution < 1.29 is 30.3 Å². The molecule has 1 aliphatic rings. The molecule has 1 aliphatic carbocycles. The average molecular weight is 592 g/mol. The Morgan fingerprint density at radius 2 is 1.36 bits per heavy atom. The predicted octanol–water partition coefficient (Wildman–Crippen LogP) is 6.15. The second kappa shape index (κ2) is 14.3. The van der Waals surface area contributed by atoms with Crippen molar-refractivity contribution in [3.63, 3.8) is 0 Å². The van der Waals surface area contributed by atoms with Crippen molar-refractivity contribution in [3.8, 4) is 0 Å². The predicted molar refractivity (Wildman–Crippen MR) is 137 cm³/mol. The summed E-state index contributed by atoms with van der Waals surface area (Å²) in [4.78, 5) is -0.102. The van der Waals surface area contributed by atoms with Crippen LogP contribution in [0.5, 0.6) is 0 Å². The average Bonchev–Trinajstić information content (AvgIpc) is 2.75. The van der Waals surface area contributed by atoms with Crippen molar-refractivity contribution in [1.29, 1.82) is 0 Å². The van der Waals surface area contributed by atoms with E-state index < -0.39 is 18.0 Å². The first-order chi connectivity index (χ1) is 15.4. The first-order valence-corrected chi connectivity index (χ1v) is 15.5. The molecule has 6 radical (unpaired) electrons. The summed E-state index contributed by atoms with van der Waals surface area (Å²) in [6.07, 6.45) is 8.71. The molecule has 0 N–H and O–H groups in total. The second-order valence-electron chi connectivity index (χ2n) is 8.83. The molecule has 1 unspecified atom stereocenters. The zero-order valence-corrected chi connectivity index (χ0v) is 24.1. The third-order valence-corrected chi connectivity index (χ3v) is 8.88. The number of benzene rings is 2. The van der Waals surface area contributed by atoms with Gasteiger partial charge in [0.05, 0.1) is 4.90 Å². The first-order valence-electron chi connectivity index (χ1n) is 10.5. The van der Waals surface area contributed by atoms with Gasteiger partial charge in [0.25, 0.3) is 0 Å². The summed E-state index contributed by atoms with van der Waals surface area (Å²) in [5.41, 5.74) is 0. The normalized spacial score (nSPS) is 16.3. The fourth-order valence-electron chi connectivity index (χ4n) is 3.27. The van der Waals surface area contributed by atoms with Crippen molar-refractivity contribution >= 4 is 38.3 Å². The van der Waals surface area contributed by atoms with Crippen molar-refractivity contribution in [3.05, 3.63) is 92.1 Å². The Hall–Kier alpha value is -0.307. The first kappa shape index (κ1) is 30.7. The Morgan fingerprint density at radius 1 is 0.879 bits per heavy atom. The van der Waals surface area contributed by atoms with E-state index in [1.807, 2.05) is 47.6 Å². The summed E-state index contributed by atoms with van der Waals surface area (Å²) in [7, 11) is -0.868. The molecule has 1 fully saturated rings. The van der Waals surface area contributed by atoms with Crippen LogP contribution < -0.4 is 10.6 Å². The quantitative estimate of drug-likeness (QED) is 0.243. The Labute approximate surface area is 217 Å². The van der Waals surface area contributed by atoms with E-state index in [2.05, 4.69) is 76.9 Å². The fraction of sp³-hybridized carbons (Fsp3) is 0.308. The van der Waals surface area contributed by atoms with Crippen LogP contribution in [0.3, 0.4) is 0 Å². The van der Waals surface area contributed by atoms with E-state index in [-0.39, 0.29) is 10.1 Å². The minimum absolute atomic E-state index is 0.102. The fourth-order valence-corrected chi connectivity index (χ4v) is 7.22. The summed E-state index contributed by atoms with van der Waals surface area (Å²) >= 11 is 1.82. The van der Waals surface area contributed by atoms with Crippen molar-refractivity contribution in [1.82, 2.24) is 0 Å². The minimum atomic E-state index is -4.48. The second-order valence-corrected chi connectivity index (χ2v) is 13.2. The molecule has 1 saturated carbocycles. The van der Waals surface area contributed by atoms with E-state index in [0.29, 0.717) is 11.2 Å². The van der Waals surface area contributed by atoms with Gasteiger partial charge in [-0.25, -0.2) is 8.42 Å². The molecule has 0 bridgehead atoms. The number of halogens is 1. The molecule has 180 valence electrons. The van der Waals surface area contributed by atoms with Gasteiger partial charge in [0.15, 0.2) is 0 Å². The zero-order chi connectivity index (χ0) is 25.2. The van der Waals surface area contributed by atoms with Gasteiger partial charge >= 0.3 is 27.0 Å². The molecule has 2 aromatic rings. The third kappa shape index (κ3) is 10.1. The van der Waals surface area contributed by atoms with Gasteiger partial charge < -0.3 is 4.55 Å². The van der Waals surface area contributed by atoms with Gasteiger partial charge in [-0.15, -0.1) is 0 Å². The molecule has 0 heterocycles. The third-order valence-electron chi connectivity index (χ3n) is 4.80. The van der Waals surface area contributed by atoms with Gasteiger partial charge in [-0.2, -0.15) is 0 Å². The van der Waals surface area contributed by atoms with Crippen LogP contribution in [0.2, 0.25) is 0 Å². The summed E-state index contributed by atoms with van der Waals surface area (Å²) in [6.45, 7) is 12.7. The Kier molecular flexibility index (Phi) is 13.3. The standard InChI is InChI=1S/C16H19O3PS.C10H14.ClH.Ru/c1-16(2,3)20(13-9-5-4-6-10-13)14-11-7-8-12-15(14)21(17,18)19;1-8(2)10-6-4-9(3)5-7-10;;/h4-12H,1-3H3,(H,17,18,19);4-8H,1-3H3;1H;/q;;;+2/p-2. The van der Waals surface area contributed by atoms with E-state index in [4.69, 9.17) is 0 Å². The molecular formula is C26H32ClO3PRuS. The van der Waals surface area contributed by atoms with E-state index in [1.54, 1.807) is 18.2 Å². The molecule has 1 atom stereocenters. The van der Waals surface area contributed by atoms with Gasteiger partial charge in [0.1, 0.15) is 10.1 Å². The summed E-state index contributed by atoms with van der Waals surface area (Å²) in [5, 5.41) is 1.54. The molecule has 0 spiro atoms. The Balaban J connectivity index is 0.000000380. The van der Waals surface area contributed by atoms with E-state index in [9.17, 15) is 13.0 Å². The van der Waals surface area contributed by atoms with Crippen LogP contribution in [0.15, 0.2) is 59.5 Å². The SMILES string of the molecule is CC(C)(C)P(c1ccccc1)c1ccccc1S(=O)(=O)[O-].C[C]1[CH][CH][C](C(C)C)[CH][CH]1.[Cl][Ru+]. The number of rotatable bonds is 4. The molecule has 3 rings (SSSR count). The van der Waals surface area contributed by atoms with Crippen LogP contribution >= 0.6 is 17.6 Å². The number of hydrogen-bond acceptors (Lipinski definition) is 3. The molecule has 0 amide bonds. The van der Waals surface area contributed by atoms with Gasteiger partial charge in [0, 0.05) is 0 Å². The maximum atomic E-state index is 11.6. The molecule has 7 heteroatoms. The van der Waals surface area contributed by atoms with Gasteiger partial charge in [-0.1, -0.05) is 90.1 Å². The Morgan fingerprint density at radius 3 is 1.82 bits per heavy atom. The van der Waals surface area contributed by atoms with Gasteiger partial charge in [0.2, 0.25) is 0 Å². The van der Waals surface area contributed by atoms with Crippen LogP contribution in [0.4, 0.5) is 0 Å². The van der Waals surface area contributed by atoms with E-state index >= 15 is 0 Å². The van der Waals surface area contributed by atoms with Crippen LogP contribution in [0, 0.1) is 43.4 Å². The molecule has 0 saturated heterocycles. The summed E-state index contributed by atoms with van der Waals surface area (Å²) in [5.74, 6) is 3.41. The van der Waals surface area contributed by atoms with Crippen LogP contribution in [-0.4, -0.2) is 18.1 Å². The van der Waals surface area contributed by atoms with Crippen molar-refractivity contribution in [2.24, 2.45) is 5.92 Å². The molecule has 0 aromatic heterocycles.